The van der Waals surface area contributed by atoms with Gasteiger partial charge in [-0.1, -0.05) is 42.5 Å². The molecule has 2 N–H and O–H groups in total. The Morgan fingerprint density at radius 3 is 2.33 bits per heavy atom. The van der Waals surface area contributed by atoms with Crippen molar-refractivity contribution in [1.82, 2.24) is 14.9 Å². The van der Waals surface area contributed by atoms with Crippen LogP contribution in [0.5, 0.6) is 0 Å². The third kappa shape index (κ3) is 4.96. The molecule has 0 saturated carbocycles. The number of amides is 1. The first-order valence-electron chi connectivity index (χ1n) is 12.8. The number of pyridine rings is 1. The number of aromatic carboxylic acids is 1. The molecule has 0 saturated heterocycles. The summed E-state index contributed by atoms with van der Waals surface area (Å²) in [6, 6.07) is 19.2. The molecule has 0 radical (unpaired) electrons. The summed E-state index contributed by atoms with van der Waals surface area (Å²) in [4.78, 5) is 28.1. The topological polar surface area (TPSA) is 84.2 Å². The van der Waals surface area contributed by atoms with Gasteiger partial charge < -0.3 is 15.0 Å². The molecule has 0 aliphatic heterocycles. The van der Waals surface area contributed by atoms with E-state index in [0.717, 1.165) is 45.7 Å². The van der Waals surface area contributed by atoms with Crippen LogP contribution in [0.4, 0.5) is 8.78 Å². The summed E-state index contributed by atoms with van der Waals surface area (Å²) in [7, 11) is 0. The van der Waals surface area contributed by atoms with E-state index in [1.165, 1.54) is 6.92 Å². The monoisotopic (exact) mass is 539 g/mol. The lowest BCUT2D eigenvalue weighted by molar-refractivity contribution is 0.0697. The van der Waals surface area contributed by atoms with Crippen LogP contribution in [0.3, 0.4) is 0 Å². The number of carbonyl (C=O) groups is 2. The molecule has 0 fully saturated rings. The molecular formula is C32H27F2N3O3. The van der Waals surface area contributed by atoms with Crippen LogP contribution in [0.1, 0.15) is 56.1 Å². The normalized spacial score (nSPS) is 11.9. The Balaban J connectivity index is 1.39. The van der Waals surface area contributed by atoms with E-state index in [9.17, 15) is 23.5 Å². The van der Waals surface area contributed by atoms with Gasteiger partial charge in [0.25, 0.3) is 5.91 Å². The lowest BCUT2D eigenvalue weighted by Crippen LogP contribution is -2.28. The minimum Gasteiger partial charge on any atom is -0.478 e. The Bertz CT molecular complexity index is 1740. The molecule has 3 aromatic carbocycles. The van der Waals surface area contributed by atoms with Crippen LogP contribution in [-0.4, -0.2) is 26.5 Å². The van der Waals surface area contributed by atoms with Gasteiger partial charge in [0.2, 0.25) is 0 Å². The SMILES string of the molecule is Cc1c(C)n(Cc2ccc(-c3ccccc3C(=O)O)cc2)c2ccc(C(=O)N[C@@H](C)c3c(F)cncc3F)cc12. The second-order valence-corrected chi connectivity index (χ2v) is 9.79. The van der Waals surface area contributed by atoms with Crippen LogP contribution in [0.25, 0.3) is 22.0 Å². The highest BCUT2D eigenvalue weighted by Crippen LogP contribution is 2.29. The second kappa shape index (κ2) is 10.7. The van der Waals surface area contributed by atoms with E-state index in [2.05, 4.69) is 14.9 Å². The summed E-state index contributed by atoms with van der Waals surface area (Å²) >= 11 is 0. The van der Waals surface area contributed by atoms with E-state index < -0.39 is 29.6 Å². The molecule has 2 heterocycles. The number of nitrogens with one attached hydrogen (secondary N) is 1. The first-order valence-corrected chi connectivity index (χ1v) is 12.8. The van der Waals surface area contributed by atoms with Crippen molar-refractivity contribution in [2.24, 2.45) is 0 Å². The highest BCUT2D eigenvalue weighted by atomic mass is 19.1. The molecule has 1 amide bonds. The summed E-state index contributed by atoms with van der Waals surface area (Å²) in [5.41, 5.74) is 5.94. The van der Waals surface area contributed by atoms with Gasteiger partial charge in [0.1, 0.15) is 11.6 Å². The van der Waals surface area contributed by atoms with Crippen LogP contribution in [0, 0.1) is 25.5 Å². The predicted molar refractivity (Wildman–Crippen MR) is 149 cm³/mol. The second-order valence-electron chi connectivity index (χ2n) is 9.79. The highest BCUT2D eigenvalue weighted by molar-refractivity contribution is 5.99. The number of nitrogens with zero attached hydrogens (tertiary/aromatic N) is 2. The van der Waals surface area contributed by atoms with Gasteiger partial charge in [-0.25, -0.2) is 13.6 Å². The number of carbonyl (C=O) groups excluding carboxylic acids is 1. The van der Waals surface area contributed by atoms with Crippen LogP contribution in [0.2, 0.25) is 0 Å². The fourth-order valence-electron chi connectivity index (χ4n) is 5.08. The van der Waals surface area contributed by atoms with Crippen molar-refractivity contribution < 1.29 is 23.5 Å². The summed E-state index contributed by atoms with van der Waals surface area (Å²) in [6.07, 6.45) is 1.84. The number of aryl methyl sites for hydroxylation is 1. The van der Waals surface area contributed by atoms with E-state index in [1.54, 1.807) is 30.3 Å². The number of hydrogen-bond donors (Lipinski definition) is 2. The molecule has 202 valence electrons. The third-order valence-corrected chi connectivity index (χ3v) is 7.34. The summed E-state index contributed by atoms with van der Waals surface area (Å²) in [6.45, 7) is 6.12. The lowest BCUT2D eigenvalue weighted by atomic mass is 9.99. The van der Waals surface area contributed by atoms with Crippen LogP contribution >= 0.6 is 0 Å². The molecule has 0 spiro atoms. The zero-order chi connectivity index (χ0) is 28.6. The Kier molecular flexibility index (Phi) is 7.17. The molecule has 0 bridgehead atoms. The van der Waals surface area contributed by atoms with E-state index in [0.29, 0.717) is 17.7 Å². The van der Waals surface area contributed by atoms with Crippen LogP contribution in [-0.2, 0) is 6.54 Å². The fraction of sp³-hybridized carbons (Fsp3) is 0.156. The predicted octanol–water partition coefficient (Wildman–Crippen LogP) is 6.84. The number of halogens is 2. The largest absolute Gasteiger partial charge is 0.478 e. The van der Waals surface area contributed by atoms with Gasteiger partial charge in [0, 0.05) is 34.3 Å². The molecule has 5 aromatic rings. The lowest BCUT2D eigenvalue weighted by Gasteiger charge is -2.16. The smallest absolute Gasteiger partial charge is 0.336 e. The average molecular weight is 540 g/mol. The maximum atomic E-state index is 14.1. The van der Waals surface area contributed by atoms with Gasteiger partial charge in [-0.05, 0) is 67.3 Å². The third-order valence-electron chi connectivity index (χ3n) is 7.34. The minimum absolute atomic E-state index is 0.236. The van der Waals surface area contributed by atoms with Crippen molar-refractivity contribution in [3.8, 4) is 11.1 Å². The van der Waals surface area contributed by atoms with E-state index in [-0.39, 0.29) is 11.1 Å². The Morgan fingerprint density at radius 2 is 1.65 bits per heavy atom. The Morgan fingerprint density at radius 1 is 0.975 bits per heavy atom. The molecule has 1 atom stereocenters. The molecular weight excluding hydrogens is 512 g/mol. The Hall–Kier alpha value is -4.85. The first kappa shape index (κ1) is 26.7. The minimum atomic E-state index is -0.969. The maximum Gasteiger partial charge on any atom is 0.336 e. The van der Waals surface area contributed by atoms with Crippen molar-refractivity contribution in [2.45, 2.75) is 33.4 Å². The first-order chi connectivity index (χ1) is 19.2. The zero-order valence-corrected chi connectivity index (χ0v) is 22.2. The molecule has 5 rings (SSSR count). The summed E-state index contributed by atoms with van der Waals surface area (Å²) in [5, 5.41) is 13.1. The van der Waals surface area contributed by atoms with Gasteiger partial charge in [0.15, 0.2) is 0 Å². The van der Waals surface area contributed by atoms with Crippen molar-refractivity contribution >= 4 is 22.8 Å². The van der Waals surface area contributed by atoms with Gasteiger partial charge in [0.05, 0.1) is 24.0 Å². The van der Waals surface area contributed by atoms with Gasteiger partial charge in [-0.15, -0.1) is 0 Å². The van der Waals surface area contributed by atoms with Gasteiger partial charge in [-0.2, -0.15) is 0 Å². The number of carboxylic acids is 1. The number of rotatable bonds is 7. The number of carboxylic acid groups (broad SMARTS) is 1. The number of aromatic nitrogens is 2. The quantitative estimate of drug-likeness (QED) is 0.237. The van der Waals surface area contributed by atoms with Crippen molar-refractivity contribution in [3.63, 3.8) is 0 Å². The van der Waals surface area contributed by atoms with Crippen molar-refractivity contribution in [2.75, 3.05) is 0 Å². The molecule has 0 aliphatic rings. The Labute approximate surface area is 229 Å². The highest BCUT2D eigenvalue weighted by Gasteiger charge is 2.20. The average Bonchev–Trinajstić information content (AvgIpc) is 3.17. The van der Waals surface area contributed by atoms with Crippen molar-refractivity contribution in [3.05, 3.63) is 124 Å². The molecule has 40 heavy (non-hydrogen) atoms. The number of hydrogen-bond acceptors (Lipinski definition) is 3. The summed E-state index contributed by atoms with van der Waals surface area (Å²) in [5.74, 6) is -3.03. The molecule has 0 aliphatic carbocycles. The molecule has 2 aromatic heterocycles. The standard InChI is InChI=1S/C32H27F2N3O3/c1-18-20(3)37(17-21-8-10-22(11-9-21)24-6-4-5-7-25(24)32(39)40)29-13-12-23(14-26(18)29)31(38)36-19(2)30-27(33)15-35-16-28(30)34/h4-16,19H,17H2,1-3H3,(H,36,38)(H,39,40)/t19-/m0/s1. The molecule has 6 nitrogen and oxygen atoms in total. The van der Waals surface area contributed by atoms with Gasteiger partial charge >= 0.3 is 5.97 Å². The van der Waals surface area contributed by atoms with Crippen LogP contribution < -0.4 is 5.32 Å². The molecule has 8 heteroatoms. The van der Waals surface area contributed by atoms with Gasteiger partial charge in [-0.3, -0.25) is 9.78 Å². The zero-order valence-electron chi connectivity index (χ0n) is 22.2. The van der Waals surface area contributed by atoms with E-state index >= 15 is 0 Å². The van der Waals surface area contributed by atoms with E-state index in [1.807, 2.05) is 50.2 Å². The maximum absolute atomic E-state index is 14.1. The number of fused-ring (bicyclic) bond motifs is 1. The molecule has 0 unspecified atom stereocenters. The van der Waals surface area contributed by atoms with Crippen molar-refractivity contribution in [1.29, 1.82) is 0 Å². The number of benzene rings is 3. The fourth-order valence-corrected chi connectivity index (χ4v) is 5.08. The summed E-state index contributed by atoms with van der Waals surface area (Å²) < 4.78 is 30.4. The van der Waals surface area contributed by atoms with Crippen LogP contribution in [0.15, 0.2) is 79.1 Å². The van der Waals surface area contributed by atoms with E-state index in [4.69, 9.17) is 0 Å².